The Kier molecular flexibility index (Phi) is 4.59. The Balaban J connectivity index is 1.89. The molecule has 0 atom stereocenters. The third-order valence-electron chi connectivity index (χ3n) is 2.78. The van der Waals surface area contributed by atoms with Crippen molar-refractivity contribution in [1.82, 2.24) is 0 Å². The van der Waals surface area contributed by atoms with Crippen LogP contribution in [0, 0.1) is 17.1 Å². The Morgan fingerprint density at radius 3 is 2.50 bits per heavy atom. The molecule has 0 saturated carbocycles. The SMILES string of the molecule is N#Cc1ccc(C(=O)COCc2ccccc2F)cc1. The van der Waals surface area contributed by atoms with Crippen LogP contribution in [0.5, 0.6) is 0 Å². The zero-order chi connectivity index (χ0) is 14.4. The van der Waals surface area contributed by atoms with Crippen LogP contribution >= 0.6 is 0 Å². The van der Waals surface area contributed by atoms with E-state index < -0.39 is 0 Å². The molecule has 0 N–H and O–H groups in total. The van der Waals surface area contributed by atoms with Gasteiger partial charge in [-0.3, -0.25) is 4.79 Å². The summed E-state index contributed by atoms with van der Waals surface area (Å²) in [5.74, 6) is -0.552. The standard InChI is InChI=1S/C16H12FNO2/c17-15-4-2-1-3-14(15)10-20-11-16(19)13-7-5-12(9-18)6-8-13/h1-8H,10-11H2. The van der Waals surface area contributed by atoms with E-state index >= 15 is 0 Å². The lowest BCUT2D eigenvalue weighted by Crippen LogP contribution is -2.09. The first-order chi connectivity index (χ1) is 9.70. The van der Waals surface area contributed by atoms with Crippen molar-refractivity contribution < 1.29 is 13.9 Å². The lowest BCUT2D eigenvalue weighted by Gasteiger charge is -2.05. The molecule has 0 amide bonds. The number of nitriles is 1. The Hall–Kier alpha value is -2.51. The molecule has 0 heterocycles. The van der Waals surface area contributed by atoms with E-state index in [4.69, 9.17) is 10.00 Å². The normalized spacial score (nSPS) is 10.0. The largest absolute Gasteiger partial charge is 0.369 e. The minimum Gasteiger partial charge on any atom is -0.369 e. The highest BCUT2D eigenvalue weighted by molar-refractivity contribution is 5.97. The summed E-state index contributed by atoms with van der Waals surface area (Å²) in [6, 6.07) is 14.6. The van der Waals surface area contributed by atoms with Gasteiger partial charge in [0.2, 0.25) is 0 Å². The third-order valence-corrected chi connectivity index (χ3v) is 2.78. The molecule has 3 nitrogen and oxygen atoms in total. The molecule has 2 rings (SSSR count). The molecule has 0 aliphatic rings. The van der Waals surface area contributed by atoms with E-state index in [9.17, 15) is 9.18 Å². The molecule has 20 heavy (non-hydrogen) atoms. The Morgan fingerprint density at radius 2 is 1.85 bits per heavy atom. The van der Waals surface area contributed by atoms with E-state index in [1.165, 1.54) is 6.07 Å². The number of ketones is 1. The molecule has 0 saturated heterocycles. The van der Waals surface area contributed by atoms with E-state index in [1.807, 2.05) is 6.07 Å². The molecule has 0 unspecified atom stereocenters. The van der Waals surface area contributed by atoms with E-state index in [0.717, 1.165) is 0 Å². The van der Waals surface area contributed by atoms with Crippen LogP contribution in [0.15, 0.2) is 48.5 Å². The Morgan fingerprint density at radius 1 is 1.15 bits per heavy atom. The van der Waals surface area contributed by atoms with E-state index in [-0.39, 0.29) is 24.8 Å². The van der Waals surface area contributed by atoms with Crippen molar-refractivity contribution in [3.63, 3.8) is 0 Å². The summed E-state index contributed by atoms with van der Waals surface area (Å²) in [4.78, 5) is 11.8. The highest BCUT2D eigenvalue weighted by Gasteiger charge is 2.07. The van der Waals surface area contributed by atoms with Crippen LogP contribution in [0.3, 0.4) is 0 Å². The molecule has 0 aliphatic carbocycles. The van der Waals surface area contributed by atoms with Crippen molar-refractivity contribution in [2.75, 3.05) is 6.61 Å². The maximum atomic E-state index is 13.3. The Labute approximate surface area is 116 Å². The zero-order valence-electron chi connectivity index (χ0n) is 10.7. The Bertz CT molecular complexity index is 644. The zero-order valence-corrected chi connectivity index (χ0v) is 10.7. The predicted octanol–water partition coefficient (Wildman–Crippen LogP) is 3.10. The van der Waals surface area contributed by atoms with Gasteiger partial charge in [-0.25, -0.2) is 4.39 Å². The minimum absolute atomic E-state index is 0.0503. The van der Waals surface area contributed by atoms with Crippen molar-refractivity contribution in [2.45, 2.75) is 6.61 Å². The molecule has 0 spiro atoms. The van der Waals surface area contributed by atoms with E-state index in [0.29, 0.717) is 16.7 Å². The quantitative estimate of drug-likeness (QED) is 0.784. The summed E-state index contributed by atoms with van der Waals surface area (Å²) in [6.45, 7) is -0.0745. The fraction of sp³-hybridized carbons (Fsp3) is 0.125. The van der Waals surface area contributed by atoms with Crippen molar-refractivity contribution >= 4 is 5.78 Å². The molecule has 0 aliphatic heterocycles. The van der Waals surface area contributed by atoms with Gasteiger partial charge in [0.25, 0.3) is 0 Å². The third kappa shape index (κ3) is 3.50. The van der Waals surface area contributed by atoms with Crippen molar-refractivity contribution in [3.05, 3.63) is 71.0 Å². The second-order valence-electron chi connectivity index (χ2n) is 4.20. The molecule has 0 bridgehead atoms. The monoisotopic (exact) mass is 269 g/mol. The molecular weight excluding hydrogens is 257 g/mol. The molecule has 0 radical (unpaired) electrons. The van der Waals surface area contributed by atoms with Crippen LogP contribution in [-0.4, -0.2) is 12.4 Å². The number of benzene rings is 2. The molecule has 0 fully saturated rings. The van der Waals surface area contributed by atoms with Crippen LogP contribution in [0.1, 0.15) is 21.5 Å². The number of nitrogens with zero attached hydrogens (tertiary/aromatic N) is 1. The molecule has 2 aromatic rings. The second kappa shape index (κ2) is 6.60. The molecule has 0 aromatic heterocycles. The number of carbonyl (C=O) groups is 1. The number of hydrogen-bond acceptors (Lipinski definition) is 3. The van der Waals surface area contributed by atoms with Gasteiger partial charge in [-0.05, 0) is 18.2 Å². The highest BCUT2D eigenvalue weighted by atomic mass is 19.1. The van der Waals surface area contributed by atoms with Gasteiger partial charge in [0.05, 0.1) is 18.2 Å². The van der Waals surface area contributed by atoms with E-state index in [1.54, 1.807) is 42.5 Å². The van der Waals surface area contributed by atoms with E-state index in [2.05, 4.69) is 0 Å². The minimum atomic E-state index is -0.349. The number of hydrogen-bond donors (Lipinski definition) is 0. The van der Waals surface area contributed by atoms with Crippen molar-refractivity contribution in [3.8, 4) is 6.07 Å². The fourth-order valence-electron chi connectivity index (χ4n) is 1.68. The van der Waals surface area contributed by atoms with Gasteiger partial charge in [-0.15, -0.1) is 0 Å². The topological polar surface area (TPSA) is 50.1 Å². The van der Waals surface area contributed by atoms with Crippen LogP contribution in [-0.2, 0) is 11.3 Å². The predicted molar refractivity (Wildman–Crippen MR) is 71.5 cm³/mol. The van der Waals surface area contributed by atoms with Gasteiger partial charge < -0.3 is 4.74 Å². The van der Waals surface area contributed by atoms with Crippen LogP contribution in [0.2, 0.25) is 0 Å². The number of carbonyl (C=O) groups excluding carboxylic acids is 1. The average molecular weight is 269 g/mol. The lowest BCUT2D eigenvalue weighted by molar-refractivity contribution is 0.0721. The first-order valence-corrected chi connectivity index (χ1v) is 6.05. The van der Waals surface area contributed by atoms with Gasteiger partial charge in [0, 0.05) is 11.1 Å². The van der Waals surface area contributed by atoms with Crippen LogP contribution in [0.25, 0.3) is 0 Å². The molecule has 2 aromatic carbocycles. The van der Waals surface area contributed by atoms with Crippen LogP contribution in [0.4, 0.5) is 4.39 Å². The average Bonchev–Trinajstić information content (AvgIpc) is 2.49. The van der Waals surface area contributed by atoms with Gasteiger partial charge in [0.15, 0.2) is 5.78 Å². The van der Waals surface area contributed by atoms with Gasteiger partial charge in [-0.1, -0.05) is 30.3 Å². The number of halogens is 1. The summed E-state index contributed by atoms with van der Waals surface area (Å²) in [5, 5.41) is 8.67. The maximum absolute atomic E-state index is 13.3. The van der Waals surface area contributed by atoms with Crippen LogP contribution < -0.4 is 0 Å². The summed E-state index contributed by atoms with van der Waals surface area (Å²) in [7, 11) is 0. The smallest absolute Gasteiger partial charge is 0.188 e. The lowest BCUT2D eigenvalue weighted by atomic mass is 10.1. The summed E-state index contributed by atoms with van der Waals surface area (Å²) < 4.78 is 18.5. The first-order valence-electron chi connectivity index (χ1n) is 6.05. The summed E-state index contributed by atoms with van der Waals surface area (Å²) in [5.41, 5.74) is 1.38. The van der Waals surface area contributed by atoms with Crippen molar-refractivity contribution in [2.24, 2.45) is 0 Å². The summed E-state index contributed by atoms with van der Waals surface area (Å²) in [6.07, 6.45) is 0. The van der Waals surface area contributed by atoms with Gasteiger partial charge in [-0.2, -0.15) is 5.26 Å². The highest BCUT2D eigenvalue weighted by Crippen LogP contribution is 2.09. The van der Waals surface area contributed by atoms with Crippen molar-refractivity contribution in [1.29, 1.82) is 5.26 Å². The number of rotatable bonds is 5. The van der Waals surface area contributed by atoms with Gasteiger partial charge in [0.1, 0.15) is 12.4 Å². The molecule has 100 valence electrons. The number of Topliss-reactive ketones (excluding diaryl/α,β-unsaturated/α-hetero) is 1. The molecular formula is C16H12FNO2. The van der Waals surface area contributed by atoms with Gasteiger partial charge >= 0.3 is 0 Å². The fourth-order valence-corrected chi connectivity index (χ4v) is 1.68. The summed E-state index contributed by atoms with van der Waals surface area (Å²) >= 11 is 0. The number of ether oxygens (including phenoxy) is 1. The maximum Gasteiger partial charge on any atom is 0.188 e. The first kappa shape index (κ1) is 13.9. The second-order valence-corrected chi connectivity index (χ2v) is 4.20. The molecule has 4 heteroatoms.